The van der Waals surface area contributed by atoms with E-state index in [2.05, 4.69) is 0 Å². The minimum Gasteiger partial charge on any atom is -0.495 e. The molecule has 0 heterocycles. The molecule has 4 nitrogen and oxygen atoms in total. The van der Waals surface area contributed by atoms with Gasteiger partial charge in [0, 0.05) is 7.05 Å². The van der Waals surface area contributed by atoms with Crippen LogP contribution in [0.25, 0.3) is 0 Å². The Morgan fingerprint density at radius 2 is 2.06 bits per heavy atom. The van der Waals surface area contributed by atoms with Gasteiger partial charge in [-0.3, -0.25) is 4.79 Å². The van der Waals surface area contributed by atoms with E-state index in [1.807, 2.05) is 31.3 Å². The molecule has 88 valence electrons. The highest BCUT2D eigenvalue weighted by Crippen LogP contribution is 2.26. The maximum absolute atomic E-state index is 11.3. The molecule has 0 radical (unpaired) electrons. The quantitative estimate of drug-likeness (QED) is 0.712. The van der Waals surface area contributed by atoms with Crippen LogP contribution in [0.15, 0.2) is 24.3 Å². The molecule has 16 heavy (non-hydrogen) atoms. The van der Waals surface area contributed by atoms with Gasteiger partial charge in [-0.2, -0.15) is 0 Å². The summed E-state index contributed by atoms with van der Waals surface area (Å²) in [6.07, 6.45) is 0. The fraction of sp³-hybridized carbons (Fsp3) is 0.417. The Morgan fingerprint density at radius 1 is 1.38 bits per heavy atom. The number of hydrogen-bond donors (Lipinski definition) is 0. The summed E-state index contributed by atoms with van der Waals surface area (Å²) in [4.78, 5) is 13.1. The molecule has 0 unspecified atom stereocenters. The zero-order valence-corrected chi connectivity index (χ0v) is 9.90. The number of esters is 1. The number of carbonyl (C=O) groups excluding carboxylic acids is 1. The van der Waals surface area contributed by atoms with Gasteiger partial charge in [0.05, 0.1) is 19.4 Å². The third kappa shape index (κ3) is 3.15. The number of hydrogen-bond acceptors (Lipinski definition) is 4. The van der Waals surface area contributed by atoms with E-state index in [9.17, 15) is 4.79 Å². The summed E-state index contributed by atoms with van der Waals surface area (Å²) in [5.41, 5.74) is 0.873. The minimum atomic E-state index is -0.240. The smallest absolute Gasteiger partial charge is 0.325 e. The Morgan fingerprint density at radius 3 is 2.69 bits per heavy atom. The average Bonchev–Trinajstić information content (AvgIpc) is 2.29. The summed E-state index contributed by atoms with van der Waals surface area (Å²) >= 11 is 0. The fourth-order valence-electron chi connectivity index (χ4n) is 1.43. The number of para-hydroxylation sites is 2. The Hall–Kier alpha value is -1.71. The molecule has 0 N–H and O–H groups in total. The van der Waals surface area contributed by atoms with Gasteiger partial charge < -0.3 is 14.4 Å². The molecule has 0 saturated carbocycles. The first-order valence-electron chi connectivity index (χ1n) is 5.18. The second-order valence-electron chi connectivity index (χ2n) is 3.33. The number of carbonyl (C=O) groups is 1. The molecule has 0 fully saturated rings. The molecule has 0 atom stereocenters. The van der Waals surface area contributed by atoms with E-state index >= 15 is 0 Å². The molecule has 0 aromatic heterocycles. The van der Waals surface area contributed by atoms with E-state index in [0.717, 1.165) is 11.4 Å². The zero-order chi connectivity index (χ0) is 12.0. The van der Waals surface area contributed by atoms with Crippen molar-refractivity contribution in [1.29, 1.82) is 0 Å². The van der Waals surface area contributed by atoms with Crippen LogP contribution in [0, 0.1) is 0 Å². The van der Waals surface area contributed by atoms with Gasteiger partial charge in [-0.25, -0.2) is 0 Å². The summed E-state index contributed by atoms with van der Waals surface area (Å²) < 4.78 is 10.1. The second kappa shape index (κ2) is 6.00. The fourth-order valence-corrected chi connectivity index (χ4v) is 1.43. The van der Waals surface area contributed by atoms with Crippen LogP contribution in [0.2, 0.25) is 0 Å². The van der Waals surface area contributed by atoms with Gasteiger partial charge in [-0.1, -0.05) is 12.1 Å². The molecule has 0 aliphatic rings. The predicted molar refractivity (Wildman–Crippen MR) is 62.9 cm³/mol. The van der Waals surface area contributed by atoms with Crippen LogP contribution in [-0.4, -0.2) is 33.3 Å². The van der Waals surface area contributed by atoms with Crippen molar-refractivity contribution < 1.29 is 14.3 Å². The van der Waals surface area contributed by atoms with Crippen molar-refractivity contribution in [1.82, 2.24) is 0 Å². The highest BCUT2D eigenvalue weighted by Gasteiger charge is 2.11. The lowest BCUT2D eigenvalue weighted by molar-refractivity contribution is -0.141. The lowest BCUT2D eigenvalue weighted by Crippen LogP contribution is -2.27. The standard InChI is InChI=1S/C12H17NO3/c1-4-16-12(14)9-13(2)10-7-5-6-8-11(10)15-3/h5-8H,4,9H2,1-3H3. The largest absolute Gasteiger partial charge is 0.495 e. The van der Waals surface area contributed by atoms with Gasteiger partial charge in [0.1, 0.15) is 12.3 Å². The SMILES string of the molecule is CCOC(=O)CN(C)c1ccccc1OC. The molecule has 0 amide bonds. The molecular weight excluding hydrogens is 206 g/mol. The molecule has 0 bridgehead atoms. The maximum Gasteiger partial charge on any atom is 0.325 e. The van der Waals surface area contributed by atoms with E-state index in [4.69, 9.17) is 9.47 Å². The van der Waals surface area contributed by atoms with Gasteiger partial charge in [0.2, 0.25) is 0 Å². The predicted octanol–water partition coefficient (Wildman–Crippen LogP) is 1.69. The molecule has 1 aromatic carbocycles. The summed E-state index contributed by atoms with van der Waals surface area (Å²) in [6.45, 7) is 2.41. The summed E-state index contributed by atoms with van der Waals surface area (Å²) in [6, 6.07) is 7.55. The third-order valence-electron chi connectivity index (χ3n) is 2.17. The van der Waals surface area contributed by atoms with E-state index in [1.54, 1.807) is 18.9 Å². The van der Waals surface area contributed by atoms with Crippen LogP contribution >= 0.6 is 0 Å². The van der Waals surface area contributed by atoms with Crippen LogP contribution < -0.4 is 9.64 Å². The topological polar surface area (TPSA) is 38.8 Å². The molecular formula is C12H17NO3. The normalized spacial score (nSPS) is 9.69. The van der Waals surface area contributed by atoms with E-state index in [-0.39, 0.29) is 12.5 Å². The summed E-state index contributed by atoms with van der Waals surface area (Å²) in [5.74, 6) is 0.505. The lowest BCUT2D eigenvalue weighted by atomic mass is 10.2. The molecule has 1 rings (SSSR count). The number of ether oxygens (including phenoxy) is 2. The third-order valence-corrected chi connectivity index (χ3v) is 2.17. The van der Waals surface area contributed by atoms with E-state index < -0.39 is 0 Å². The Balaban J connectivity index is 2.72. The first-order valence-corrected chi connectivity index (χ1v) is 5.18. The number of rotatable bonds is 5. The molecule has 0 aliphatic heterocycles. The van der Waals surface area contributed by atoms with Crippen molar-refractivity contribution in [2.45, 2.75) is 6.92 Å². The minimum absolute atomic E-state index is 0.216. The Bertz CT molecular complexity index is 352. The number of methoxy groups -OCH3 is 1. The van der Waals surface area contributed by atoms with Crippen LogP contribution in [0.4, 0.5) is 5.69 Å². The molecule has 4 heteroatoms. The lowest BCUT2D eigenvalue weighted by Gasteiger charge is -2.20. The van der Waals surface area contributed by atoms with Crippen LogP contribution in [-0.2, 0) is 9.53 Å². The van der Waals surface area contributed by atoms with Crippen molar-refractivity contribution in [3.8, 4) is 5.75 Å². The van der Waals surface area contributed by atoms with Crippen molar-refractivity contribution >= 4 is 11.7 Å². The van der Waals surface area contributed by atoms with Crippen molar-refractivity contribution in [3.05, 3.63) is 24.3 Å². The first kappa shape index (κ1) is 12.4. The summed E-state index contributed by atoms with van der Waals surface area (Å²) in [7, 11) is 3.44. The number of anilines is 1. The average molecular weight is 223 g/mol. The van der Waals surface area contributed by atoms with Gasteiger partial charge in [0.25, 0.3) is 0 Å². The summed E-state index contributed by atoms with van der Waals surface area (Å²) in [5, 5.41) is 0. The Kier molecular flexibility index (Phi) is 4.64. The van der Waals surface area contributed by atoms with Crippen molar-refractivity contribution in [3.63, 3.8) is 0 Å². The van der Waals surface area contributed by atoms with Gasteiger partial charge in [-0.05, 0) is 19.1 Å². The van der Waals surface area contributed by atoms with Gasteiger partial charge in [-0.15, -0.1) is 0 Å². The monoisotopic (exact) mass is 223 g/mol. The molecule has 0 spiro atoms. The van der Waals surface area contributed by atoms with Crippen LogP contribution in [0.1, 0.15) is 6.92 Å². The maximum atomic E-state index is 11.3. The van der Waals surface area contributed by atoms with Crippen molar-refractivity contribution in [2.24, 2.45) is 0 Å². The highest BCUT2D eigenvalue weighted by atomic mass is 16.5. The Labute approximate surface area is 95.8 Å². The zero-order valence-electron chi connectivity index (χ0n) is 9.90. The first-order chi connectivity index (χ1) is 7.69. The van der Waals surface area contributed by atoms with Gasteiger partial charge >= 0.3 is 5.97 Å². The molecule has 0 aliphatic carbocycles. The molecule has 0 saturated heterocycles. The number of benzene rings is 1. The van der Waals surface area contributed by atoms with Gasteiger partial charge in [0.15, 0.2) is 0 Å². The van der Waals surface area contributed by atoms with Crippen LogP contribution in [0.3, 0.4) is 0 Å². The second-order valence-corrected chi connectivity index (χ2v) is 3.33. The number of likely N-dealkylation sites (N-methyl/N-ethyl adjacent to an activating group) is 1. The van der Waals surface area contributed by atoms with E-state index in [0.29, 0.717) is 6.61 Å². The molecule has 1 aromatic rings. The van der Waals surface area contributed by atoms with Crippen molar-refractivity contribution in [2.75, 3.05) is 32.2 Å². The number of nitrogens with zero attached hydrogens (tertiary/aromatic N) is 1. The van der Waals surface area contributed by atoms with E-state index in [1.165, 1.54) is 0 Å². The highest BCUT2D eigenvalue weighted by molar-refractivity contribution is 5.76. The van der Waals surface area contributed by atoms with Crippen LogP contribution in [0.5, 0.6) is 5.75 Å².